The van der Waals surface area contributed by atoms with Gasteiger partial charge in [-0.1, -0.05) is 6.07 Å². The second-order valence-electron chi connectivity index (χ2n) is 6.89. The molecule has 3 N–H and O–H groups in total. The van der Waals surface area contributed by atoms with Crippen molar-refractivity contribution in [2.75, 3.05) is 12.4 Å². The van der Waals surface area contributed by atoms with E-state index in [2.05, 4.69) is 20.3 Å². The van der Waals surface area contributed by atoms with Crippen molar-refractivity contribution in [2.45, 2.75) is 25.3 Å². The van der Waals surface area contributed by atoms with Gasteiger partial charge in [-0.05, 0) is 54.7 Å². The zero-order chi connectivity index (χ0) is 20.2. The van der Waals surface area contributed by atoms with Crippen LogP contribution in [0.1, 0.15) is 27.9 Å². The molecular formula is C21H21N5O3. The quantitative estimate of drug-likeness (QED) is 0.453. The number of fused-ring (bicyclic) bond motifs is 1. The van der Waals surface area contributed by atoms with Crippen LogP contribution in [0.2, 0.25) is 0 Å². The standard InChI is InChI=1S/C21H21N5O3/c1-29-18-10-16(11-22-12-18)19-6-7-23-21(25-19)24-17-5-4-13-2-3-14(20(27)26-28)8-15(13)9-17/h2-3,6-8,10-12,17,28H,4-5,9H2,1H3,(H,26,27)(H,23,24,25). The lowest BCUT2D eigenvalue weighted by atomic mass is 9.87. The molecule has 1 aromatic carbocycles. The highest BCUT2D eigenvalue weighted by Gasteiger charge is 2.21. The molecule has 29 heavy (non-hydrogen) atoms. The maximum absolute atomic E-state index is 11.7. The Bertz CT molecular complexity index is 1040. The number of nitrogens with one attached hydrogen (secondary N) is 2. The third-order valence-corrected chi connectivity index (χ3v) is 5.03. The van der Waals surface area contributed by atoms with Gasteiger partial charge in [0.2, 0.25) is 5.95 Å². The molecule has 4 rings (SSSR count). The topological polar surface area (TPSA) is 109 Å². The number of hydroxylamine groups is 1. The third kappa shape index (κ3) is 4.17. The summed E-state index contributed by atoms with van der Waals surface area (Å²) in [4.78, 5) is 24.8. The van der Waals surface area contributed by atoms with E-state index in [1.807, 2.05) is 24.3 Å². The summed E-state index contributed by atoms with van der Waals surface area (Å²) in [5.41, 5.74) is 6.03. The fourth-order valence-electron chi connectivity index (χ4n) is 3.53. The molecule has 1 atom stereocenters. The van der Waals surface area contributed by atoms with E-state index in [0.717, 1.165) is 36.1 Å². The average Bonchev–Trinajstić information content (AvgIpc) is 2.78. The van der Waals surface area contributed by atoms with Crippen LogP contribution in [0.15, 0.2) is 48.9 Å². The molecule has 3 aromatic rings. The van der Waals surface area contributed by atoms with E-state index in [0.29, 0.717) is 17.3 Å². The zero-order valence-corrected chi connectivity index (χ0v) is 15.9. The number of aryl methyl sites for hydroxylation is 1. The van der Waals surface area contributed by atoms with Gasteiger partial charge in [0, 0.05) is 29.6 Å². The summed E-state index contributed by atoms with van der Waals surface area (Å²) in [6, 6.07) is 9.36. The smallest absolute Gasteiger partial charge is 0.274 e. The summed E-state index contributed by atoms with van der Waals surface area (Å²) in [6.07, 6.45) is 7.68. The Balaban J connectivity index is 1.51. The lowest BCUT2D eigenvalue weighted by Crippen LogP contribution is -2.29. The maximum atomic E-state index is 11.7. The van der Waals surface area contributed by atoms with Crippen molar-refractivity contribution < 1.29 is 14.7 Å². The van der Waals surface area contributed by atoms with Gasteiger partial charge in [-0.2, -0.15) is 0 Å². The third-order valence-electron chi connectivity index (χ3n) is 5.03. The number of pyridine rings is 1. The van der Waals surface area contributed by atoms with E-state index in [4.69, 9.17) is 9.94 Å². The van der Waals surface area contributed by atoms with Gasteiger partial charge in [0.05, 0.1) is 19.0 Å². The molecule has 1 amide bonds. The zero-order valence-electron chi connectivity index (χ0n) is 15.9. The van der Waals surface area contributed by atoms with Crippen LogP contribution >= 0.6 is 0 Å². The SMILES string of the molecule is COc1cncc(-c2ccnc(NC3CCc4ccc(C(=O)NO)cc4C3)n2)c1. The van der Waals surface area contributed by atoms with E-state index >= 15 is 0 Å². The fourth-order valence-corrected chi connectivity index (χ4v) is 3.53. The van der Waals surface area contributed by atoms with Crippen molar-refractivity contribution in [1.82, 2.24) is 20.4 Å². The molecule has 0 bridgehead atoms. The van der Waals surface area contributed by atoms with E-state index in [1.54, 1.807) is 37.2 Å². The first-order valence-electron chi connectivity index (χ1n) is 9.31. The van der Waals surface area contributed by atoms with Gasteiger partial charge in [0.1, 0.15) is 5.75 Å². The molecule has 1 unspecified atom stereocenters. The number of hydrogen-bond acceptors (Lipinski definition) is 7. The lowest BCUT2D eigenvalue weighted by molar-refractivity contribution is 0.0706. The molecule has 0 fully saturated rings. The minimum Gasteiger partial charge on any atom is -0.495 e. The van der Waals surface area contributed by atoms with Crippen molar-refractivity contribution in [3.63, 3.8) is 0 Å². The molecule has 1 aliphatic rings. The Labute approximate surface area is 168 Å². The van der Waals surface area contributed by atoms with Gasteiger partial charge >= 0.3 is 0 Å². The Morgan fingerprint density at radius 2 is 2.10 bits per heavy atom. The highest BCUT2D eigenvalue weighted by atomic mass is 16.5. The first-order chi connectivity index (χ1) is 14.2. The molecule has 2 heterocycles. The summed E-state index contributed by atoms with van der Waals surface area (Å²) in [5, 5.41) is 12.3. The van der Waals surface area contributed by atoms with E-state index in [-0.39, 0.29) is 6.04 Å². The van der Waals surface area contributed by atoms with Gasteiger partial charge in [-0.15, -0.1) is 0 Å². The minimum absolute atomic E-state index is 0.147. The van der Waals surface area contributed by atoms with E-state index < -0.39 is 5.91 Å². The van der Waals surface area contributed by atoms with Crippen LogP contribution in [0, 0.1) is 0 Å². The molecule has 0 spiro atoms. The number of carbonyl (C=O) groups excluding carboxylic acids is 1. The van der Waals surface area contributed by atoms with Crippen molar-refractivity contribution >= 4 is 11.9 Å². The number of anilines is 1. The summed E-state index contributed by atoms with van der Waals surface area (Å²) in [6.45, 7) is 0. The van der Waals surface area contributed by atoms with Crippen molar-refractivity contribution in [1.29, 1.82) is 0 Å². The molecule has 8 nitrogen and oxygen atoms in total. The molecular weight excluding hydrogens is 370 g/mol. The Morgan fingerprint density at radius 1 is 1.21 bits per heavy atom. The van der Waals surface area contributed by atoms with Crippen molar-refractivity contribution in [3.8, 4) is 17.0 Å². The van der Waals surface area contributed by atoms with Crippen LogP contribution < -0.4 is 15.5 Å². The van der Waals surface area contributed by atoms with Crippen LogP contribution in [0.4, 0.5) is 5.95 Å². The first-order valence-corrected chi connectivity index (χ1v) is 9.31. The van der Waals surface area contributed by atoms with Crippen LogP contribution in [-0.4, -0.2) is 39.2 Å². The molecule has 1 aliphatic carbocycles. The lowest BCUT2D eigenvalue weighted by Gasteiger charge is -2.26. The van der Waals surface area contributed by atoms with Crippen molar-refractivity contribution in [2.24, 2.45) is 0 Å². The summed E-state index contributed by atoms with van der Waals surface area (Å²) < 4.78 is 5.23. The number of benzene rings is 1. The Kier molecular flexibility index (Phi) is 5.35. The Hall–Kier alpha value is -3.52. The normalized spacial score (nSPS) is 15.3. The van der Waals surface area contributed by atoms with Crippen molar-refractivity contribution in [3.05, 3.63) is 65.6 Å². The van der Waals surface area contributed by atoms with Gasteiger partial charge < -0.3 is 10.1 Å². The number of methoxy groups -OCH3 is 1. The highest BCUT2D eigenvalue weighted by molar-refractivity contribution is 5.93. The molecule has 0 saturated heterocycles. The number of ether oxygens (including phenoxy) is 1. The van der Waals surface area contributed by atoms with Crippen LogP contribution in [0.3, 0.4) is 0 Å². The van der Waals surface area contributed by atoms with E-state index in [9.17, 15) is 4.79 Å². The predicted octanol–water partition coefficient (Wildman–Crippen LogP) is 2.64. The number of hydrogen-bond donors (Lipinski definition) is 3. The van der Waals surface area contributed by atoms with E-state index in [1.165, 1.54) is 5.56 Å². The van der Waals surface area contributed by atoms with Crippen LogP contribution in [-0.2, 0) is 12.8 Å². The highest BCUT2D eigenvalue weighted by Crippen LogP contribution is 2.25. The molecule has 2 aromatic heterocycles. The fraction of sp³-hybridized carbons (Fsp3) is 0.238. The monoisotopic (exact) mass is 391 g/mol. The predicted molar refractivity (Wildman–Crippen MR) is 107 cm³/mol. The summed E-state index contributed by atoms with van der Waals surface area (Å²) in [5.74, 6) is 0.705. The molecule has 0 aliphatic heterocycles. The number of carbonyl (C=O) groups is 1. The summed E-state index contributed by atoms with van der Waals surface area (Å²) in [7, 11) is 1.60. The number of nitrogens with zero attached hydrogens (tertiary/aromatic N) is 3. The van der Waals surface area contributed by atoms with Crippen LogP contribution in [0.5, 0.6) is 5.75 Å². The van der Waals surface area contributed by atoms with Gasteiger partial charge in [0.15, 0.2) is 0 Å². The molecule has 8 heteroatoms. The van der Waals surface area contributed by atoms with Gasteiger partial charge in [0.25, 0.3) is 5.91 Å². The number of amides is 1. The van der Waals surface area contributed by atoms with Gasteiger partial charge in [-0.3, -0.25) is 15.0 Å². The average molecular weight is 391 g/mol. The molecule has 0 saturated carbocycles. The second-order valence-corrected chi connectivity index (χ2v) is 6.89. The number of rotatable bonds is 5. The van der Waals surface area contributed by atoms with Gasteiger partial charge in [-0.25, -0.2) is 15.4 Å². The largest absolute Gasteiger partial charge is 0.495 e. The summed E-state index contributed by atoms with van der Waals surface area (Å²) >= 11 is 0. The minimum atomic E-state index is -0.509. The number of aromatic nitrogens is 3. The second kappa shape index (κ2) is 8.24. The molecule has 148 valence electrons. The molecule has 0 radical (unpaired) electrons. The first kappa shape index (κ1) is 18.8. The van der Waals surface area contributed by atoms with Crippen LogP contribution in [0.25, 0.3) is 11.3 Å². The Morgan fingerprint density at radius 3 is 2.93 bits per heavy atom. The maximum Gasteiger partial charge on any atom is 0.274 e.